The number of amides is 1. The van der Waals surface area contributed by atoms with Crippen molar-refractivity contribution >= 4 is 16.7 Å². The normalized spacial score (nSPS) is 19.2. The zero-order valence-corrected chi connectivity index (χ0v) is 11.1. The lowest BCUT2D eigenvalue weighted by atomic mass is 10.0. The highest BCUT2D eigenvalue weighted by Crippen LogP contribution is 2.26. The van der Waals surface area contributed by atoms with Crippen LogP contribution in [0.1, 0.15) is 23.2 Å². The molecule has 1 aliphatic heterocycles. The minimum absolute atomic E-state index is 0.0890. The maximum Gasteiger partial charge on any atom is 0.253 e. The third kappa shape index (κ3) is 2.34. The second kappa shape index (κ2) is 5.13. The van der Waals surface area contributed by atoms with Gasteiger partial charge in [0.1, 0.15) is 5.75 Å². The Kier molecular flexibility index (Phi) is 3.32. The van der Waals surface area contributed by atoms with Gasteiger partial charge in [-0.2, -0.15) is 0 Å². The van der Waals surface area contributed by atoms with Crippen molar-refractivity contribution in [3.63, 3.8) is 0 Å². The van der Waals surface area contributed by atoms with Crippen molar-refractivity contribution in [1.29, 1.82) is 0 Å². The fourth-order valence-electron chi connectivity index (χ4n) is 2.71. The van der Waals surface area contributed by atoms with Crippen LogP contribution in [0.15, 0.2) is 36.4 Å². The van der Waals surface area contributed by atoms with E-state index in [2.05, 4.69) is 0 Å². The van der Waals surface area contributed by atoms with Crippen molar-refractivity contribution in [3.8, 4) is 5.75 Å². The van der Waals surface area contributed by atoms with Crippen LogP contribution in [0, 0.1) is 0 Å². The molecule has 0 aromatic heterocycles. The number of aliphatic hydroxyl groups is 1. The van der Waals surface area contributed by atoms with Gasteiger partial charge in [-0.15, -0.1) is 0 Å². The lowest BCUT2D eigenvalue weighted by Crippen LogP contribution is -2.42. The molecule has 1 saturated heterocycles. The molecule has 1 amide bonds. The van der Waals surface area contributed by atoms with Crippen molar-refractivity contribution in [3.05, 3.63) is 42.0 Å². The summed E-state index contributed by atoms with van der Waals surface area (Å²) in [6.45, 7) is 1.06. The Morgan fingerprint density at radius 3 is 2.90 bits per heavy atom. The number of piperidine rings is 1. The number of fused-ring (bicyclic) bond motifs is 1. The van der Waals surface area contributed by atoms with Crippen LogP contribution in [0.2, 0.25) is 0 Å². The topological polar surface area (TPSA) is 60.8 Å². The van der Waals surface area contributed by atoms with Crippen LogP contribution in [-0.2, 0) is 0 Å². The maximum absolute atomic E-state index is 12.4. The number of β-amino-alcohol motifs (C(OH)–C–C–N with tert-alkyl or cyclic N) is 1. The molecule has 0 radical (unpaired) electrons. The molecular formula is C16H17NO3. The SMILES string of the molecule is O=C(c1ccc2cccc(O)c2c1)N1CCCC(O)C1. The second-order valence-electron chi connectivity index (χ2n) is 5.26. The Morgan fingerprint density at radius 2 is 2.10 bits per heavy atom. The zero-order valence-electron chi connectivity index (χ0n) is 11.1. The Labute approximate surface area is 117 Å². The molecule has 3 rings (SSSR count). The average molecular weight is 271 g/mol. The molecule has 20 heavy (non-hydrogen) atoms. The third-order valence-electron chi connectivity index (χ3n) is 3.79. The van der Waals surface area contributed by atoms with Gasteiger partial charge in [-0.3, -0.25) is 4.79 Å². The van der Waals surface area contributed by atoms with Crippen LogP contribution < -0.4 is 0 Å². The fourth-order valence-corrected chi connectivity index (χ4v) is 2.71. The second-order valence-corrected chi connectivity index (χ2v) is 5.26. The van der Waals surface area contributed by atoms with Gasteiger partial charge in [-0.1, -0.05) is 18.2 Å². The first-order valence-corrected chi connectivity index (χ1v) is 6.84. The molecule has 104 valence electrons. The van der Waals surface area contributed by atoms with Gasteiger partial charge in [0.2, 0.25) is 0 Å². The van der Waals surface area contributed by atoms with Crippen LogP contribution in [0.4, 0.5) is 0 Å². The smallest absolute Gasteiger partial charge is 0.253 e. The maximum atomic E-state index is 12.4. The van der Waals surface area contributed by atoms with Crippen molar-refractivity contribution < 1.29 is 15.0 Å². The minimum Gasteiger partial charge on any atom is -0.507 e. The molecule has 4 heteroatoms. The molecule has 4 nitrogen and oxygen atoms in total. The molecule has 0 bridgehead atoms. The van der Waals surface area contributed by atoms with Crippen LogP contribution >= 0.6 is 0 Å². The molecule has 0 saturated carbocycles. The van der Waals surface area contributed by atoms with Gasteiger partial charge in [0, 0.05) is 24.0 Å². The molecule has 1 heterocycles. The number of carbonyl (C=O) groups is 1. The van der Waals surface area contributed by atoms with E-state index in [9.17, 15) is 15.0 Å². The number of aliphatic hydroxyl groups excluding tert-OH is 1. The number of phenolic OH excluding ortho intramolecular Hbond substituents is 1. The Morgan fingerprint density at radius 1 is 1.25 bits per heavy atom. The summed E-state index contributed by atoms with van der Waals surface area (Å²) in [5, 5.41) is 21.1. The van der Waals surface area contributed by atoms with E-state index >= 15 is 0 Å². The summed E-state index contributed by atoms with van der Waals surface area (Å²) >= 11 is 0. The van der Waals surface area contributed by atoms with Crippen LogP contribution in [-0.4, -0.2) is 40.2 Å². The van der Waals surface area contributed by atoms with Gasteiger partial charge < -0.3 is 15.1 Å². The van der Waals surface area contributed by atoms with Gasteiger partial charge in [0.25, 0.3) is 5.91 Å². The first-order valence-electron chi connectivity index (χ1n) is 6.84. The monoisotopic (exact) mass is 271 g/mol. The molecule has 2 aromatic carbocycles. The first-order chi connectivity index (χ1) is 9.65. The number of carbonyl (C=O) groups excluding carboxylic acids is 1. The van der Waals surface area contributed by atoms with E-state index in [4.69, 9.17) is 0 Å². The highest BCUT2D eigenvalue weighted by molar-refractivity contribution is 6.00. The number of benzene rings is 2. The molecule has 1 atom stereocenters. The molecule has 0 aliphatic carbocycles. The predicted molar refractivity (Wildman–Crippen MR) is 76.8 cm³/mol. The summed E-state index contributed by atoms with van der Waals surface area (Å²) in [6, 6.07) is 10.6. The molecule has 1 aliphatic rings. The predicted octanol–water partition coefficient (Wildman–Crippen LogP) is 2.14. The third-order valence-corrected chi connectivity index (χ3v) is 3.79. The van der Waals surface area contributed by atoms with Gasteiger partial charge in [0.05, 0.1) is 6.10 Å². The zero-order chi connectivity index (χ0) is 14.1. The van der Waals surface area contributed by atoms with Crippen molar-refractivity contribution in [2.24, 2.45) is 0 Å². The highest BCUT2D eigenvalue weighted by Gasteiger charge is 2.23. The van der Waals surface area contributed by atoms with Gasteiger partial charge in [0.15, 0.2) is 0 Å². The Hall–Kier alpha value is -2.07. The van der Waals surface area contributed by atoms with Gasteiger partial charge in [-0.05, 0) is 36.4 Å². The summed E-state index contributed by atoms with van der Waals surface area (Å²) in [5.41, 5.74) is 0.549. The number of rotatable bonds is 1. The van der Waals surface area contributed by atoms with Crippen LogP contribution in [0.25, 0.3) is 10.8 Å². The van der Waals surface area contributed by atoms with Crippen LogP contribution in [0.3, 0.4) is 0 Å². The Balaban J connectivity index is 1.93. The standard InChI is InChI=1S/C16H17NO3/c18-13-4-2-8-17(10-13)16(20)12-7-6-11-3-1-5-15(19)14(11)9-12/h1,3,5-7,9,13,18-19H,2,4,8,10H2. The summed E-state index contributed by atoms with van der Waals surface area (Å²) in [4.78, 5) is 14.1. The average Bonchev–Trinajstić information content (AvgIpc) is 2.47. The summed E-state index contributed by atoms with van der Waals surface area (Å²) in [7, 11) is 0. The summed E-state index contributed by atoms with van der Waals surface area (Å²) < 4.78 is 0. The Bertz CT molecular complexity index is 653. The van der Waals surface area contributed by atoms with Gasteiger partial charge in [-0.25, -0.2) is 0 Å². The van der Waals surface area contributed by atoms with Crippen LogP contribution in [0.5, 0.6) is 5.75 Å². The largest absolute Gasteiger partial charge is 0.507 e. The van der Waals surface area contributed by atoms with E-state index < -0.39 is 6.10 Å². The number of hydrogen-bond acceptors (Lipinski definition) is 3. The number of aromatic hydroxyl groups is 1. The number of hydrogen-bond donors (Lipinski definition) is 2. The molecular weight excluding hydrogens is 254 g/mol. The van der Waals surface area contributed by atoms with Gasteiger partial charge >= 0.3 is 0 Å². The van der Waals surface area contributed by atoms with Crippen molar-refractivity contribution in [2.75, 3.05) is 13.1 Å². The molecule has 1 fully saturated rings. The molecule has 0 spiro atoms. The van der Waals surface area contributed by atoms with E-state index in [0.29, 0.717) is 24.0 Å². The highest BCUT2D eigenvalue weighted by atomic mass is 16.3. The number of likely N-dealkylation sites (tertiary alicyclic amines) is 1. The van der Waals surface area contributed by atoms with E-state index in [-0.39, 0.29) is 11.7 Å². The van der Waals surface area contributed by atoms with E-state index in [1.807, 2.05) is 12.1 Å². The molecule has 1 unspecified atom stereocenters. The number of phenols is 1. The molecule has 2 N–H and O–H groups in total. The van der Waals surface area contributed by atoms with Crippen molar-refractivity contribution in [2.45, 2.75) is 18.9 Å². The summed E-state index contributed by atoms with van der Waals surface area (Å²) in [5.74, 6) is 0.0877. The lowest BCUT2D eigenvalue weighted by Gasteiger charge is -2.30. The minimum atomic E-state index is -0.429. The van der Waals surface area contributed by atoms with E-state index in [1.54, 1.807) is 29.2 Å². The number of nitrogens with zero attached hydrogens (tertiary/aromatic N) is 1. The van der Waals surface area contributed by atoms with Crippen molar-refractivity contribution in [1.82, 2.24) is 4.90 Å². The fraction of sp³-hybridized carbons (Fsp3) is 0.312. The first kappa shape index (κ1) is 12.9. The van der Waals surface area contributed by atoms with E-state index in [0.717, 1.165) is 18.2 Å². The molecule has 2 aromatic rings. The lowest BCUT2D eigenvalue weighted by molar-refractivity contribution is 0.0474. The summed E-state index contributed by atoms with van der Waals surface area (Å²) in [6.07, 6.45) is 1.15. The van der Waals surface area contributed by atoms with E-state index in [1.165, 1.54) is 0 Å². The quantitative estimate of drug-likeness (QED) is 0.835.